The van der Waals surface area contributed by atoms with Gasteiger partial charge in [-0.25, -0.2) is 0 Å². The Labute approximate surface area is 190 Å². The molecule has 0 bridgehead atoms. The molecule has 1 fully saturated rings. The molecule has 1 atom stereocenters. The van der Waals surface area contributed by atoms with Gasteiger partial charge in [0.1, 0.15) is 11.6 Å². The van der Waals surface area contributed by atoms with E-state index in [1.54, 1.807) is 6.92 Å². The van der Waals surface area contributed by atoms with Gasteiger partial charge in [-0.2, -0.15) is 5.26 Å². The van der Waals surface area contributed by atoms with Gasteiger partial charge in [-0.15, -0.1) is 0 Å². The fraction of sp³-hybridized carbons (Fsp3) is 0.440. The zero-order valence-corrected chi connectivity index (χ0v) is 19.4. The summed E-state index contributed by atoms with van der Waals surface area (Å²) in [6, 6.07) is 14.2. The van der Waals surface area contributed by atoms with Crippen molar-refractivity contribution in [2.45, 2.75) is 26.9 Å². The molecule has 0 saturated carbocycles. The number of amides is 1. The van der Waals surface area contributed by atoms with Crippen molar-refractivity contribution < 1.29 is 15.0 Å². The normalized spacial score (nSPS) is 15.8. The Hall–Kier alpha value is -2.92. The number of carbonyl (C=O) groups excluding carboxylic acids is 1. The molecule has 2 aromatic carbocycles. The molecule has 32 heavy (non-hydrogen) atoms. The molecule has 3 N–H and O–H groups in total. The summed E-state index contributed by atoms with van der Waals surface area (Å²) in [5, 5.41) is 32.4. The number of likely N-dealkylation sites (N-methyl/N-ethyl adjacent to an activating group) is 1. The number of rotatable bonds is 6. The van der Waals surface area contributed by atoms with Gasteiger partial charge in [-0.05, 0) is 54.1 Å². The van der Waals surface area contributed by atoms with Gasteiger partial charge < -0.3 is 25.3 Å². The monoisotopic (exact) mass is 438 g/mol. The lowest BCUT2D eigenvalue weighted by Gasteiger charge is -2.34. The second kappa shape index (κ2) is 12.2. The lowest BCUT2D eigenvalue weighted by molar-refractivity contribution is -0.117. The maximum absolute atomic E-state index is 12.3. The van der Waals surface area contributed by atoms with E-state index in [2.05, 4.69) is 40.4 Å². The fourth-order valence-corrected chi connectivity index (χ4v) is 3.54. The second-order valence-electron chi connectivity index (χ2n) is 7.69. The molecule has 3 rings (SSSR count). The maximum Gasteiger partial charge on any atom is 0.262 e. The quantitative estimate of drug-likeness (QED) is 0.473. The number of carbonyl (C=O) groups is 1. The number of fused-ring (bicyclic) bond motifs is 1. The molecule has 1 aliphatic rings. The zero-order valence-electron chi connectivity index (χ0n) is 19.4. The molecular formula is C25H34N4O3. The first-order chi connectivity index (χ1) is 15.4. The largest absolute Gasteiger partial charge is 0.394 e. The van der Waals surface area contributed by atoms with Crippen molar-refractivity contribution in [3.63, 3.8) is 0 Å². The van der Waals surface area contributed by atoms with Crippen molar-refractivity contribution in [1.82, 2.24) is 10.2 Å². The van der Waals surface area contributed by atoms with E-state index in [1.165, 1.54) is 5.69 Å². The highest BCUT2D eigenvalue weighted by Crippen LogP contribution is 2.27. The van der Waals surface area contributed by atoms with Gasteiger partial charge in [0.05, 0.1) is 12.7 Å². The Morgan fingerprint density at radius 2 is 1.75 bits per heavy atom. The fourth-order valence-electron chi connectivity index (χ4n) is 3.54. The summed E-state index contributed by atoms with van der Waals surface area (Å²) in [7, 11) is 2.14. The van der Waals surface area contributed by atoms with E-state index in [-0.39, 0.29) is 12.1 Å². The van der Waals surface area contributed by atoms with Crippen LogP contribution < -0.4 is 10.2 Å². The van der Waals surface area contributed by atoms with Crippen LogP contribution in [0.2, 0.25) is 0 Å². The van der Waals surface area contributed by atoms with E-state index in [0.717, 1.165) is 42.5 Å². The Balaban J connectivity index is 0.00000176. The summed E-state index contributed by atoms with van der Waals surface area (Å²) in [4.78, 5) is 17.0. The highest BCUT2D eigenvalue weighted by molar-refractivity contribution is 6.05. The van der Waals surface area contributed by atoms with Gasteiger partial charge in [0.25, 0.3) is 5.91 Å². The Morgan fingerprint density at radius 1 is 1.12 bits per heavy atom. The molecule has 7 heteroatoms. The predicted molar refractivity (Wildman–Crippen MR) is 129 cm³/mol. The molecule has 1 aliphatic heterocycles. The minimum atomic E-state index is -1.05. The smallest absolute Gasteiger partial charge is 0.262 e. The number of allylic oxidation sites excluding steroid dienone is 1. The second-order valence-corrected chi connectivity index (χ2v) is 7.69. The maximum atomic E-state index is 12.3. The van der Waals surface area contributed by atoms with Crippen LogP contribution in [0.4, 0.5) is 5.69 Å². The van der Waals surface area contributed by atoms with Gasteiger partial charge in [0.2, 0.25) is 0 Å². The molecule has 0 aromatic heterocycles. The van der Waals surface area contributed by atoms with Crippen LogP contribution in [-0.4, -0.2) is 73.5 Å². The molecule has 0 spiro atoms. The topological polar surface area (TPSA) is 99.8 Å². The van der Waals surface area contributed by atoms with E-state index in [1.807, 2.05) is 38.1 Å². The van der Waals surface area contributed by atoms with E-state index >= 15 is 0 Å². The summed E-state index contributed by atoms with van der Waals surface area (Å²) >= 11 is 0. The third kappa shape index (κ3) is 6.30. The highest BCUT2D eigenvalue weighted by atomic mass is 16.3. The number of aliphatic hydroxyl groups is 2. The van der Waals surface area contributed by atoms with Crippen LogP contribution in [0, 0.1) is 11.3 Å². The summed E-state index contributed by atoms with van der Waals surface area (Å²) in [6.45, 7) is 9.29. The van der Waals surface area contributed by atoms with Gasteiger partial charge in [0.15, 0.2) is 0 Å². The molecule has 0 radical (unpaired) electrons. The van der Waals surface area contributed by atoms with Crippen LogP contribution in [0.15, 0.2) is 42.0 Å². The molecule has 1 saturated heterocycles. The standard InChI is InChI=1S/C23H28N4O3.C2H6/c1-16(22(13-24)23(30)25-14-21(29)15-28)17-3-4-19-12-20(6-5-18(19)11-17)27-9-7-26(2)8-10-27;1-2/h3-6,11-12,21,28-29H,7-10,14-15H2,1-2H3,(H,25,30);1-2H3/b22-16+;. The van der Waals surface area contributed by atoms with Gasteiger partial charge >= 0.3 is 0 Å². The average molecular weight is 439 g/mol. The molecule has 2 aromatic rings. The third-order valence-corrected chi connectivity index (χ3v) is 5.55. The highest BCUT2D eigenvalue weighted by Gasteiger charge is 2.17. The first kappa shape index (κ1) is 25.3. The first-order valence-electron chi connectivity index (χ1n) is 11.1. The number of nitrogens with zero attached hydrogens (tertiary/aromatic N) is 3. The van der Waals surface area contributed by atoms with Crippen molar-refractivity contribution in [2.24, 2.45) is 0 Å². The molecule has 0 aliphatic carbocycles. The number of piperazine rings is 1. The minimum absolute atomic E-state index is 0.00598. The van der Waals surface area contributed by atoms with Crippen molar-refractivity contribution in [3.05, 3.63) is 47.5 Å². The van der Waals surface area contributed by atoms with E-state index in [9.17, 15) is 15.2 Å². The molecular weight excluding hydrogens is 404 g/mol. The Kier molecular flexibility index (Phi) is 9.66. The number of hydrogen-bond donors (Lipinski definition) is 3. The van der Waals surface area contributed by atoms with Gasteiger partial charge in [-0.1, -0.05) is 32.0 Å². The Bertz CT molecular complexity index is 988. The third-order valence-electron chi connectivity index (χ3n) is 5.55. The van der Waals surface area contributed by atoms with Crippen LogP contribution >= 0.6 is 0 Å². The lowest BCUT2D eigenvalue weighted by atomic mass is 9.98. The van der Waals surface area contributed by atoms with Crippen LogP contribution in [-0.2, 0) is 4.79 Å². The van der Waals surface area contributed by atoms with Crippen LogP contribution in [0.5, 0.6) is 0 Å². The zero-order chi connectivity index (χ0) is 23.7. The summed E-state index contributed by atoms with van der Waals surface area (Å²) in [5.74, 6) is -0.562. The summed E-state index contributed by atoms with van der Waals surface area (Å²) in [6.07, 6.45) is -1.05. The number of hydrogen-bond acceptors (Lipinski definition) is 6. The molecule has 1 unspecified atom stereocenters. The Morgan fingerprint density at radius 3 is 2.38 bits per heavy atom. The minimum Gasteiger partial charge on any atom is -0.394 e. The van der Waals surface area contributed by atoms with Crippen LogP contribution in [0.25, 0.3) is 16.3 Å². The van der Waals surface area contributed by atoms with Gasteiger partial charge in [0, 0.05) is 38.4 Å². The van der Waals surface area contributed by atoms with E-state index in [0.29, 0.717) is 5.57 Å². The van der Waals surface area contributed by atoms with Gasteiger partial charge in [-0.3, -0.25) is 4.79 Å². The summed E-state index contributed by atoms with van der Waals surface area (Å²) < 4.78 is 0. The van der Waals surface area contributed by atoms with Crippen LogP contribution in [0.3, 0.4) is 0 Å². The number of aliphatic hydroxyl groups excluding tert-OH is 2. The van der Waals surface area contributed by atoms with Crippen LogP contribution in [0.1, 0.15) is 26.3 Å². The molecule has 1 heterocycles. The first-order valence-corrected chi connectivity index (χ1v) is 11.1. The number of nitrogens with one attached hydrogen (secondary N) is 1. The lowest BCUT2D eigenvalue weighted by Crippen LogP contribution is -2.44. The molecule has 172 valence electrons. The van der Waals surface area contributed by atoms with Crippen molar-refractivity contribution in [2.75, 3.05) is 51.3 Å². The van der Waals surface area contributed by atoms with E-state index in [4.69, 9.17) is 5.11 Å². The van der Waals surface area contributed by atoms with E-state index < -0.39 is 18.6 Å². The average Bonchev–Trinajstić information content (AvgIpc) is 2.83. The molecule has 7 nitrogen and oxygen atoms in total. The number of anilines is 1. The predicted octanol–water partition coefficient (Wildman–Crippen LogP) is 2.38. The van der Waals surface area contributed by atoms with Crippen molar-refractivity contribution in [3.8, 4) is 6.07 Å². The number of benzene rings is 2. The van der Waals surface area contributed by atoms with Crippen molar-refractivity contribution >= 4 is 27.9 Å². The van der Waals surface area contributed by atoms with Crippen molar-refractivity contribution in [1.29, 1.82) is 5.26 Å². The molecule has 1 amide bonds. The summed E-state index contributed by atoms with van der Waals surface area (Å²) in [5.41, 5.74) is 2.56. The SMILES string of the molecule is C/C(=C(/C#N)C(=O)NCC(O)CO)c1ccc2cc(N3CCN(C)CC3)ccc2c1.CC. The number of nitriles is 1.